The summed E-state index contributed by atoms with van der Waals surface area (Å²) in [5.74, 6) is 2.22. The number of hydrogen-bond acceptors (Lipinski definition) is 5. The molecule has 0 radical (unpaired) electrons. The minimum atomic E-state index is 0.335. The Hall–Kier alpha value is -3.08. The molecule has 0 aliphatic heterocycles. The molecule has 140 valence electrons. The van der Waals surface area contributed by atoms with Crippen LogP contribution in [0, 0.1) is 0 Å². The third-order valence-corrected chi connectivity index (χ3v) is 4.22. The normalized spacial score (nSPS) is 11.7. The highest BCUT2D eigenvalue weighted by atomic mass is 16.5. The summed E-state index contributed by atoms with van der Waals surface area (Å²) in [4.78, 5) is 9.33. The molecule has 3 rings (SSSR count). The smallest absolute Gasteiger partial charge is 0.229 e. The molecule has 1 unspecified atom stereocenters. The van der Waals surface area contributed by atoms with Crippen LogP contribution in [0.25, 0.3) is 11.3 Å². The van der Waals surface area contributed by atoms with E-state index in [1.165, 1.54) is 0 Å². The highest BCUT2D eigenvalue weighted by Crippen LogP contribution is 2.24. The molecule has 0 spiro atoms. The number of nitrogens with one attached hydrogen (secondary N) is 2. The van der Waals surface area contributed by atoms with E-state index in [1.54, 1.807) is 0 Å². The predicted octanol–water partition coefficient (Wildman–Crippen LogP) is 5.50. The second kappa shape index (κ2) is 9.03. The molecule has 1 atom stereocenters. The zero-order valence-electron chi connectivity index (χ0n) is 16.1. The van der Waals surface area contributed by atoms with E-state index in [0.717, 1.165) is 34.9 Å². The van der Waals surface area contributed by atoms with Crippen LogP contribution in [0.15, 0.2) is 60.7 Å². The Morgan fingerprint density at radius 3 is 2.37 bits per heavy atom. The first-order valence-corrected chi connectivity index (χ1v) is 9.39. The summed E-state index contributed by atoms with van der Waals surface area (Å²) in [5.41, 5.74) is 2.85. The molecule has 5 nitrogen and oxygen atoms in total. The van der Waals surface area contributed by atoms with Gasteiger partial charge in [0, 0.05) is 23.4 Å². The second-order valence-electron chi connectivity index (χ2n) is 6.36. The highest BCUT2D eigenvalue weighted by molar-refractivity contribution is 5.66. The summed E-state index contributed by atoms with van der Waals surface area (Å²) in [6.07, 6.45) is 1.02. The Bertz CT molecular complexity index is 850. The van der Waals surface area contributed by atoms with Crippen LogP contribution in [0.4, 0.5) is 17.5 Å². The van der Waals surface area contributed by atoms with Crippen molar-refractivity contribution >= 4 is 17.5 Å². The first kappa shape index (κ1) is 18.7. The summed E-state index contributed by atoms with van der Waals surface area (Å²) in [5, 5.41) is 6.74. The Morgan fingerprint density at radius 1 is 0.963 bits per heavy atom. The molecule has 27 heavy (non-hydrogen) atoms. The molecular weight excluding hydrogens is 336 g/mol. The molecule has 2 N–H and O–H groups in total. The summed E-state index contributed by atoms with van der Waals surface area (Å²) >= 11 is 0. The minimum Gasteiger partial charge on any atom is -0.494 e. The number of nitrogens with zero attached hydrogens (tertiary/aromatic N) is 2. The zero-order chi connectivity index (χ0) is 19.1. The first-order valence-electron chi connectivity index (χ1n) is 9.39. The van der Waals surface area contributed by atoms with E-state index >= 15 is 0 Å². The summed E-state index contributed by atoms with van der Waals surface area (Å²) in [7, 11) is 0. The molecule has 0 amide bonds. The average molecular weight is 362 g/mol. The lowest BCUT2D eigenvalue weighted by Crippen LogP contribution is -2.15. The van der Waals surface area contributed by atoms with E-state index in [4.69, 9.17) is 9.72 Å². The lowest BCUT2D eigenvalue weighted by atomic mass is 10.1. The van der Waals surface area contributed by atoms with Gasteiger partial charge in [0.25, 0.3) is 0 Å². The second-order valence-corrected chi connectivity index (χ2v) is 6.36. The van der Waals surface area contributed by atoms with Crippen molar-refractivity contribution in [3.63, 3.8) is 0 Å². The Kier molecular flexibility index (Phi) is 6.26. The molecule has 3 aromatic rings. The van der Waals surface area contributed by atoms with Crippen LogP contribution < -0.4 is 15.4 Å². The number of aromatic nitrogens is 2. The van der Waals surface area contributed by atoms with Crippen LogP contribution in [0.1, 0.15) is 27.2 Å². The molecule has 0 bridgehead atoms. The largest absolute Gasteiger partial charge is 0.494 e. The van der Waals surface area contributed by atoms with Crippen molar-refractivity contribution in [2.45, 2.75) is 33.2 Å². The maximum atomic E-state index is 5.49. The van der Waals surface area contributed by atoms with Crippen LogP contribution in [-0.2, 0) is 0 Å². The SMILES string of the molecule is CCOc1ccc(Nc2nc(NC(C)CC)cc(-c3ccccc3)n2)cc1. The number of hydrogen-bond donors (Lipinski definition) is 2. The van der Waals surface area contributed by atoms with Gasteiger partial charge in [-0.15, -0.1) is 0 Å². The number of rotatable bonds is 8. The van der Waals surface area contributed by atoms with E-state index < -0.39 is 0 Å². The number of anilines is 3. The van der Waals surface area contributed by atoms with Crippen LogP contribution in [0.3, 0.4) is 0 Å². The monoisotopic (exact) mass is 362 g/mol. The maximum absolute atomic E-state index is 5.49. The number of benzene rings is 2. The molecule has 2 aromatic carbocycles. The number of ether oxygens (including phenoxy) is 1. The first-order chi connectivity index (χ1) is 13.2. The van der Waals surface area contributed by atoms with Gasteiger partial charge >= 0.3 is 0 Å². The van der Waals surface area contributed by atoms with Gasteiger partial charge in [0.15, 0.2) is 0 Å². The fraction of sp³-hybridized carbons (Fsp3) is 0.273. The molecule has 0 aliphatic rings. The van der Waals surface area contributed by atoms with Crippen molar-refractivity contribution in [1.29, 1.82) is 0 Å². The molecule has 1 aromatic heterocycles. The Morgan fingerprint density at radius 2 is 1.70 bits per heavy atom. The van der Waals surface area contributed by atoms with Crippen LogP contribution in [0.5, 0.6) is 5.75 Å². The van der Waals surface area contributed by atoms with Gasteiger partial charge in [-0.25, -0.2) is 4.98 Å². The van der Waals surface area contributed by atoms with E-state index in [9.17, 15) is 0 Å². The van der Waals surface area contributed by atoms with E-state index in [1.807, 2.05) is 55.5 Å². The summed E-state index contributed by atoms with van der Waals surface area (Å²) < 4.78 is 5.49. The van der Waals surface area contributed by atoms with Crippen molar-refractivity contribution in [3.05, 3.63) is 60.7 Å². The zero-order valence-corrected chi connectivity index (χ0v) is 16.1. The quantitative estimate of drug-likeness (QED) is 0.554. The van der Waals surface area contributed by atoms with Crippen LogP contribution >= 0.6 is 0 Å². The van der Waals surface area contributed by atoms with Gasteiger partial charge in [-0.1, -0.05) is 37.3 Å². The lowest BCUT2D eigenvalue weighted by Gasteiger charge is -2.15. The third-order valence-electron chi connectivity index (χ3n) is 4.22. The molecule has 0 saturated heterocycles. The molecule has 0 fully saturated rings. The molecule has 5 heteroatoms. The van der Waals surface area contributed by atoms with Crippen molar-refractivity contribution in [2.75, 3.05) is 17.2 Å². The van der Waals surface area contributed by atoms with Crippen molar-refractivity contribution in [1.82, 2.24) is 9.97 Å². The molecular formula is C22H26N4O. The third kappa shape index (κ3) is 5.20. The summed E-state index contributed by atoms with van der Waals surface area (Å²) in [6.45, 7) is 6.92. The summed E-state index contributed by atoms with van der Waals surface area (Å²) in [6, 6.07) is 20.3. The standard InChI is InChI=1S/C22H26N4O/c1-4-16(3)23-21-15-20(17-9-7-6-8-10-17)25-22(26-21)24-18-11-13-19(14-12-18)27-5-2/h6-16H,4-5H2,1-3H3,(H2,23,24,25,26). The minimum absolute atomic E-state index is 0.335. The van der Waals surface area contributed by atoms with Gasteiger partial charge in [0.1, 0.15) is 11.6 Å². The predicted molar refractivity (Wildman–Crippen MR) is 112 cm³/mol. The Labute approximate surface area is 160 Å². The van der Waals surface area contributed by atoms with Crippen LogP contribution in [0.2, 0.25) is 0 Å². The lowest BCUT2D eigenvalue weighted by molar-refractivity contribution is 0.340. The molecule has 1 heterocycles. The Balaban J connectivity index is 1.89. The van der Waals surface area contributed by atoms with Crippen molar-refractivity contribution in [2.24, 2.45) is 0 Å². The molecule has 0 saturated carbocycles. The average Bonchev–Trinajstić information content (AvgIpc) is 2.70. The van der Waals surface area contributed by atoms with E-state index in [-0.39, 0.29) is 0 Å². The molecule has 0 aliphatic carbocycles. The van der Waals surface area contributed by atoms with Crippen LogP contribution in [-0.4, -0.2) is 22.6 Å². The fourth-order valence-corrected chi connectivity index (χ4v) is 2.62. The van der Waals surface area contributed by atoms with Gasteiger partial charge in [0.2, 0.25) is 5.95 Å². The van der Waals surface area contributed by atoms with E-state index in [0.29, 0.717) is 18.6 Å². The van der Waals surface area contributed by atoms with Crippen molar-refractivity contribution < 1.29 is 4.74 Å². The van der Waals surface area contributed by atoms with Gasteiger partial charge in [-0.2, -0.15) is 4.98 Å². The fourth-order valence-electron chi connectivity index (χ4n) is 2.62. The highest BCUT2D eigenvalue weighted by Gasteiger charge is 2.09. The van der Waals surface area contributed by atoms with Crippen molar-refractivity contribution in [3.8, 4) is 17.0 Å². The van der Waals surface area contributed by atoms with Gasteiger partial charge < -0.3 is 15.4 Å². The topological polar surface area (TPSA) is 59.1 Å². The van der Waals surface area contributed by atoms with Gasteiger partial charge in [-0.3, -0.25) is 0 Å². The van der Waals surface area contributed by atoms with E-state index in [2.05, 4.69) is 41.6 Å². The maximum Gasteiger partial charge on any atom is 0.229 e. The van der Waals surface area contributed by atoms with Gasteiger partial charge in [0.05, 0.1) is 12.3 Å². The van der Waals surface area contributed by atoms with Gasteiger partial charge in [-0.05, 0) is 44.5 Å².